The van der Waals surface area contributed by atoms with Crippen LogP contribution in [0, 0.1) is 0 Å². The Labute approximate surface area is 107 Å². The molecule has 3 heteroatoms. The third-order valence-electron chi connectivity index (χ3n) is 3.91. The van der Waals surface area contributed by atoms with E-state index >= 15 is 0 Å². The van der Waals surface area contributed by atoms with Crippen LogP contribution in [-0.4, -0.2) is 15.1 Å². The Kier molecular flexibility index (Phi) is 2.63. The van der Waals surface area contributed by atoms with Crippen LogP contribution >= 0.6 is 0 Å². The number of fused-ring (bicyclic) bond motifs is 1. The molecule has 0 spiro atoms. The summed E-state index contributed by atoms with van der Waals surface area (Å²) >= 11 is 0. The molecule has 0 bridgehead atoms. The van der Waals surface area contributed by atoms with Gasteiger partial charge in [-0.15, -0.1) is 0 Å². The van der Waals surface area contributed by atoms with Crippen molar-refractivity contribution in [1.29, 1.82) is 0 Å². The minimum absolute atomic E-state index is 0.492. The van der Waals surface area contributed by atoms with Gasteiger partial charge in [0.2, 0.25) is 0 Å². The molecule has 1 aliphatic rings. The van der Waals surface area contributed by atoms with Gasteiger partial charge in [0.25, 0.3) is 0 Å². The minimum atomic E-state index is -0.940. The summed E-state index contributed by atoms with van der Waals surface area (Å²) < 4.78 is 0. The Morgan fingerprint density at radius 1 is 1.22 bits per heavy atom. The van der Waals surface area contributed by atoms with Crippen LogP contribution in [0.25, 0.3) is 0 Å². The lowest BCUT2D eigenvalue weighted by Crippen LogP contribution is -2.33. The van der Waals surface area contributed by atoms with Crippen LogP contribution in [0.1, 0.15) is 42.4 Å². The normalized spacial score (nSPS) is 26.7. The van der Waals surface area contributed by atoms with E-state index < -0.39 is 5.60 Å². The molecule has 2 aromatic rings. The molecule has 0 radical (unpaired) electrons. The van der Waals surface area contributed by atoms with Crippen molar-refractivity contribution in [1.82, 2.24) is 9.97 Å². The van der Waals surface area contributed by atoms with Crippen LogP contribution < -0.4 is 0 Å². The van der Waals surface area contributed by atoms with E-state index in [4.69, 9.17) is 0 Å². The van der Waals surface area contributed by atoms with Gasteiger partial charge >= 0.3 is 0 Å². The molecule has 1 heterocycles. The van der Waals surface area contributed by atoms with E-state index in [2.05, 4.69) is 23.0 Å². The largest absolute Gasteiger partial charge is 0.380 e. The molecular formula is C15H16N2O. The molecule has 0 aliphatic heterocycles. The number of hydrogen-bond donors (Lipinski definition) is 1. The molecule has 3 nitrogen and oxygen atoms in total. The lowest BCUT2D eigenvalue weighted by atomic mass is 9.72. The first-order chi connectivity index (χ1) is 8.72. The van der Waals surface area contributed by atoms with Crippen LogP contribution in [0.3, 0.4) is 0 Å². The SMILES string of the molecule is CC1CCC(O)(c2cncnc2)c2ccccc21. The third-order valence-corrected chi connectivity index (χ3v) is 3.91. The van der Waals surface area contributed by atoms with E-state index in [9.17, 15) is 5.11 Å². The van der Waals surface area contributed by atoms with Crippen molar-refractivity contribution in [2.75, 3.05) is 0 Å². The number of aromatic nitrogens is 2. The highest BCUT2D eigenvalue weighted by atomic mass is 16.3. The average molecular weight is 240 g/mol. The lowest BCUT2D eigenvalue weighted by Gasteiger charge is -2.37. The van der Waals surface area contributed by atoms with Gasteiger partial charge < -0.3 is 5.11 Å². The van der Waals surface area contributed by atoms with Gasteiger partial charge in [0.05, 0.1) is 0 Å². The van der Waals surface area contributed by atoms with E-state index in [-0.39, 0.29) is 0 Å². The summed E-state index contributed by atoms with van der Waals surface area (Å²) in [5, 5.41) is 11.0. The van der Waals surface area contributed by atoms with Crippen molar-refractivity contribution >= 4 is 0 Å². The molecule has 0 fully saturated rings. The molecule has 0 saturated heterocycles. The Hall–Kier alpha value is -1.74. The number of aliphatic hydroxyl groups is 1. The second-order valence-electron chi connectivity index (χ2n) is 5.01. The predicted molar refractivity (Wildman–Crippen MR) is 69.1 cm³/mol. The zero-order valence-electron chi connectivity index (χ0n) is 10.4. The first-order valence-electron chi connectivity index (χ1n) is 6.29. The van der Waals surface area contributed by atoms with Crippen molar-refractivity contribution < 1.29 is 5.11 Å². The second-order valence-corrected chi connectivity index (χ2v) is 5.01. The highest BCUT2D eigenvalue weighted by molar-refractivity contribution is 5.43. The molecule has 0 saturated carbocycles. The molecule has 18 heavy (non-hydrogen) atoms. The zero-order chi connectivity index (χ0) is 12.6. The predicted octanol–water partition coefficient (Wildman–Crippen LogP) is 2.61. The first-order valence-corrected chi connectivity index (χ1v) is 6.29. The monoisotopic (exact) mass is 240 g/mol. The summed E-state index contributed by atoms with van der Waals surface area (Å²) in [7, 11) is 0. The highest BCUT2D eigenvalue weighted by Gasteiger charge is 2.38. The van der Waals surface area contributed by atoms with Gasteiger partial charge in [-0.1, -0.05) is 31.2 Å². The molecule has 2 unspecified atom stereocenters. The molecule has 2 atom stereocenters. The first kappa shape index (κ1) is 11.4. The van der Waals surface area contributed by atoms with E-state index in [1.807, 2.05) is 18.2 Å². The summed E-state index contributed by atoms with van der Waals surface area (Å²) in [6, 6.07) is 8.13. The fourth-order valence-electron chi connectivity index (χ4n) is 2.83. The molecule has 1 aliphatic carbocycles. The number of benzene rings is 1. The van der Waals surface area contributed by atoms with E-state index in [1.54, 1.807) is 12.4 Å². The van der Waals surface area contributed by atoms with Crippen molar-refractivity contribution in [3.8, 4) is 0 Å². The van der Waals surface area contributed by atoms with Crippen LogP contribution in [0.5, 0.6) is 0 Å². The fraction of sp³-hybridized carbons (Fsp3) is 0.333. The Bertz CT molecular complexity index is 555. The topological polar surface area (TPSA) is 46.0 Å². The number of hydrogen-bond acceptors (Lipinski definition) is 3. The van der Waals surface area contributed by atoms with E-state index in [1.165, 1.54) is 11.9 Å². The van der Waals surface area contributed by atoms with Gasteiger partial charge in [-0.05, 0) is 29.9 Å². The molecule has 0 amide bonds. The second kappa shape index (κ2) is 4.18. The van der Waals surface area contributed by atoms with Crippen molar-refractivity contribution in [3.05, 3.63) is 59.7 Å². The summed E-state index contributed by atoms with van der Waals surface area (Å²) in [6.45, 7) is 2.21. The molecule has 1 aromatic carbocycles. The maximum Gasteiger partial charge on any atom is 0.118 e. The van der Waals surface area contributed by atoms with Gasteiger partial charge in [0, 0.05) is 18.0 Å². The molecule has 92 valence electrons. The summed E-state index contributed by atoms with van der Waals surface area (Å²) in [5.41, 5.74) is 2.07. The quantitative estimate of drug-likeness (QED) is 0.833. The standard InChI is InChI=1S/C15H16N2O/c1-11-6-7-15(18,12-8-16-10-17-9-12)14-5-3-2-4-13(11)14/h2-5,8-11,18H,6-7H2,1H3. The average Bonchev–Trinajstić information content (AvgIpc) is 2.44. The van der Waals surface area contributed by atoms with Gasteiger partial charge in [0.1, 0.15) is 11.9 Å². The molecule has 1 N–H and O–H groups in total. The molecule has 1 aromatic heterocycles. The van der Waals surface area contributed by atoms with Crippen LogP contribution in [0.15, 0.2) is 43.0 Å². The van der Waals surface area contributed by atoms with Gasteiger partial charge in [-0.2, -0.15) is 0 Å². The highest BCUT2D eigenvalue weighted by Crippen LogP contribution is 2.44. The summed E-state index contributed by atoms with van der Waals surface area (Å²) in [4.78, 5) is 8.05. The van der Waals surface area contributed by atoms with Crippen LogP contribution in [0.2, 0.25) is 0 Å². The van der Waals surface area contributed by atoms with Crippen molar-refractivity contribution in [3.63, 3.8) is 0 Å². The van der Waals surface area contributed by atoms with E-state index in [0.29, 0.717) is 5.92 Å². The van der Waals surface area contributed by atoms with Crippen LogP contribution in [0.4, 0.5) is 0 Å². The summed E-state index contributed by atoms with van der Waals surface area (Å²) in [6.07, 6.45) is 6.60. The Morgan fingerprint density at radius 3 is 2.72 bits per heavy atom. The summed E-state index contributed by atoms with van der Waals surface area (Å²) in [5.74, 6) is 0.492. The lowest BCUT2D eigenvalue weighted by molar-refractivity contribution is 0.0572. The number of rotatable bonds is 1. The smallest absolute Gasteiger partial charge is 0.118 e. The van der Waals surface area contributed by atoms with Gasteiger partial charge in [0.15, 0.2) is 0 Å². The zero-order valence-corrected chi connectivity index (χ0v) is 10.4. The van der Waals surface area contributed by atoms with Crippen molar-refractivity contribution in [2.45, 2.75) is 31.3 Å². The molecule has 3 rings (SSSR count). The van der Waals surface area contributed by atoms with Gasteiger partial charge in [-0.25, -0.2) is 9.97 Å². The maximum atomic E-state index is 11.0. The third kappa shape index (κ3) is 1.63. The maximum absolute atomic E-state index is 11.0. The minimum Gasteiger partial charge on any atom is -0.380 e. The molecular weight excluding hydrogens is 224 g/mol. The Morgan fingerprint density at radius 2 is 1.94 bits per heavy atom. The Balaban J connectivity index is 2.17. The van der Waals surface area contributed by atoms with Gasteiger partial charge in [-0.3, -0.25) is 0 Å². The van der Waals surface area contributed by atoms with Crippen LogP contribution in [-0.2, 0) is 5.60 Å². The fourth-order valence-corrected chi connectivity index (χ4v) is 2.83. The van der Waals surface area contributed by atoms with E-state index in [0.717, 1.165) is 24.0 Å². The van der Waals surface area contributed by atoms with Crippen molar-refractivity contribution in [2.24, 2.45) is 0 Å². The number of nitrogens with zero attached hydrogens (tertiary/aromatic N) is 2.